The fourth-order valence-electron chi connectivity index (χ4n) is 2.97. The molecule has 2 N–H and O–H groups in total. The molecule has 0 aliphatic carbocycles. The van der Waals surface area contributed by atoms with E-state index in [0.717, 1.165) is 36.1 Å². The van der Waals surface area contributed by atoms with E-state index >= 15 is 0 Å². The van der Waals surface area contributed by atoms with Crippen molar-refractivity contribution in [3.8, 4) is 11.5 Å². The summed E-state index contributed by atoms with van der Waals surface area (Å²) in [6, 6.07) is 6.00. The number of hydrogen-bond donors (Lipinski definition) is 2. The molecule has 23 heavy (non-hydrogen) atoms. The lowest BCUT2D eigenvalue weighted by molar-refractivity contribution is 0.174. The van der Waals surface area contributed by atoms with Gasteiger partial charge in [-0.1, -0.05) is 12.5 Å². The molecular weight excluding hydrogens is 292 g/mol. The first-order valence-electron chi connectivity index (χ1n) is 8.40. The summed E-state index contributed by atoms with van der Waals surface area (Å²) < 4.78 is 10.7. The third kappa shape index (κ3) is 4.51. The van der Waals surface area contributed by atoms with E-state index in [1.807, 2.05) is 18.2 Å². The average Bonchev–Trinajstić information content (AvgIpc) is 3.06. The largest absolute Gasteiger partial charge is 0.454 e. The summed E-state index contributed by atoms with van der Waals surface area (Å²) in [6.45, 7) is 5.47. The van der Waals surface area contributed by atoms with Gasteiger partial charge in [-0.25, -0.2) is 0 Å². The minimum Gasteiger partial charge on any atom is -0.454 e. The zero-order valence-corrected chi connectivity index (χ0v) is 13.8. The molecule has 0 spiro atoms. The van der Waals surface area contributed by atoms with Gasteiger partial charge in [0.15, 0.2) is 17.5 Å². The number of piperidine rings is 1. The molecule has 3 rings (SSSR count). The minimum atomic E-state index is 0.311. The van der Waals surface area contributed by atoms with Gasteiger partial charge in [0.1, 0.15) is 0 Å². The molecule has 0 unspecified atom stereocenters. The van der Waals surface area contributed by atoms with Gasteiger partial charge < -0.3 is 25.0 Å². The number of fused-ring (bicyclic) bond motifs is 1. The van der Waals surface area contributed by atoms with Crippen LogP contribution in [0, 0.1) is 0 Å². The number of ether oxygens (including phenoxy) is 2. The second-order valence-electron chi connectivity index (χ2n) is 5.94. The van der Waals surface area contributed by atoms with Crippen molar-refractivity contribution >= 4 is 5.96 Å². The Morgan fingerprint density at radius 1 is 1.13 bits per heavy atom. The Kier molecular flexibility index (Phi) is 5.58. The van der Waals surface area contributed by atoms with Crippen LogP contribution in [0.5, 0.6) is 11.5 Å². The van der Waals surface area contributed by atoms with Gasteiger partial charge in [0.2, 0.25) is 6.79 Å². The van der Waals surface area contributed by atoms with E-state index in [9.17, 15) is 0 Å². The molecule has 0 aromatic heterocycles. The third-order valence-electron chi connectivity index (χ3n) is 4.29. The van der Waals surface area contributed by atoms with Crippen molar-refractivity contribution in [2.45, 2.75) is 25.8 Å². The predicted molar refractivity (Wildman–Crippen MR) is 91.1 cm³/mol. The molecule has 0 atom stereocenters. The summed E-state index contributed by atoms with van der Waals surface area (Å²) in [5, 5.41) is 6.72. The van der Waals surface area contributed by atoms with E-state index in [1.54, 1.807) is 7.05 Å². The maximum Gasteiger partial charge on any atom is 0.231 e. The van der Waals surface area contributed by atoms with Crippen molar-refractivity contribution in [3.63, 3.8) is 0 Å². The van der Waals surface area contributed by atoms with Crippen LogP contribution in [0.4, 0.5) is 0 Å². The maximum atomic E-state index is 5.40. The van der Waals surface area contributed by atoms with E-state index in [-0.39, 0.29) is 0 Å². The summed E-state index contributed by atoms with van der Waals surface area (Å²) in [5.41, 5.74) is 1.15. The molecule has 0 radical (unpaired) electrons. The van der Waals surface area contributed by atoms with Gasteiger partial charge in [-0.05, 0) is 43.6 Å². The highest BCUT2D eigenvalue weighted by Crippen LogP contribution is 2.32. The van der Waals surface area contributed by atoms with Crippen molar-refractivity contribution in [1.29, 1.82) is 0 Å². The average molecular weight is 318 g/mol. The van der Waals surface area contributed by atoms with Crippen molar-refractivity contribution in [1.82, 2.24) is 15.5 Å². The Morgan fingerprint density at radius 3 is 2.78 bits per heavy atom. The van der Waals surface area contributed by atoms with Gasteiger partial charge in [0.05, 0.1) is 0 Å². The van der Waals surface area contributed by atoms with Gasteiger partial charge in [-0.15, -0.1) is 0 Å². The predicted octanol–water partition coefficient (Wildman–Crippen LogP) is 1.57. The number of rotatable bonds is 5. The zero-order valence-electron chi connectivity index (χ0n) is 13.8. The van der Waals surface area contributed by atoms with Crippen LogP contribution in [0.25, 0.3) is 0 Å². The van der Waals surface area contributed by atoms with Gasteiger partial charge in [-0.2, -0.15) is 0 Å². The Hall–Kier alpha value is -1.95. The number of likely N-dealkylation sites (tertiary alicyclic amines) is 1. The molecule has 2 aliphatic heterocycles. The highest BCUT2D eigenvalue weighted by atomic mass is 16.7. The lowest BCUT2D eigenvalue weighted by Crippen LogP contribution is -2.42. The smallest absolute Gasteiger partial charge is 0.231 e. The maximum absolute atomic E-state index is 5.40. The van der Waals surface area contributed by atoms with Crippen LogP contribution >= 0.6 is 0 Å². The van der Waals surface area contributed by atoms with Gasteiger partial charge in [0, 0.05) is 26.7 Å². The lowest BCUT2D eigenvalue weighted by Gasteiger charge is -2.26. The molecule has 126 valence electrons. The molecule has 0 amide bonds. The first-order chi connectivity index (χ1) is 11.3. The Morgan fingerprint density at radius 2 is 1.96 bits per heavy atom. The van der Waals surface area contributed by atoms with Gasteiger partial charge >= 0.3 is 0 Å². The molecule has 1 saturated heterocycles. The normalized spacial score (nSPS) is 18.0. The molecule has 2 heterocycles. The summed E-state index contributed by atoms with van der Waals surface area (Å²) in [7, 11) is 1.80. The molecule has 0 saturated carbocycles. The molecule has 1 aromatic carbocycles. The number of hydrogen-bond acceptors (Lipinski definition) is 4. The summed E-state index contributed by atoms with van der Waals surface area (Å²) in [5.74, 6) is 2.47. The van der Waals surface area contributed by atoms with Crippen LogP contribution in [0.3, 0.4) is 0 Å². The molecular formula is C17H26N4O2. The van der Waals surface area contributed by atoms with Crippen LogP contribution < -0.4 is 20.1 Å². The topological polar surface area (TPSA) is 58.1 Å². The minimum absolute atomic E-state index is 0.311. The monoisotopic (exact) mass is 318 g/mol. The number of guanidine groups is 1. The highest BCUT2D eigenvalue weighted by Gasteiger charge is 2.13. The Bertz CT molecular complexity index is 541. The van der Waals surface area contributed by atoms with Crippen molar-refractivity contribution in [3.05, 3.63) is 23.8 Å². The quantitative estimate of drug-likeness (QED) is 0.637. The Labute approximate surface area is 137 Å². The lowest BCUT2D eigenvalue weighted by atomic mass is 10.1. The standard InChI is InChI=1S/C17H26N4O2/c1-18-17(19-7-10-21-8-3-2-4-9-21)20-12-14-5-6-15-16(11-14)23-13-22-15/h5-6,11H,2-4,7-10,12-13H2,1H3,(H2,18,19,20). The number of aliphatic imine (C=N–C) groups is 1. The number of nitrogens with zero attached hydrogens (tertiary/aromatic N) is 2. The number of benzene rings is 1. The molecule has 2 aliphatic rings. The molecule has 6 heteroatoms. The molecule has 1 aromatic rings. The second-order valence-corrected chi connectivity index (χ2v) is 5.94. The van der Waals surface area contributed by atoms with Crippen molar-refractivity contribution in [2.75, 3.05) is 40.0 Å². The van der Waals surface area contributed by atoms with E-state index in [2.05, 4.69) is 20.5 Å². The third-order valence-corrected chi connectivity index (χ3v) is 4.29. The van der Waals surface area contributed by atoms with Crippen LogP contribution in [0.15, 0.2) is 23.2 Å². The van der Waals surface area contributed by atoms with Crippen LogP contribution in [-0.2, 0) is 6.54 Å². The first-order valence-corrected chi connectivity index (χ1v) is 8.40. The number of nitrogens with one attached hydrogen (secondary N) is 2. The summed E-state index contributed by atoms with van der Waals surface area (Å²) in [4.78, 5) is 6.79. The SMILES string of the molecule is CN=C(NCCN1CCCCC1)NCc1ccc2c(c1)OCO2. The zero-order chi connectivity index (χ0) is 15.9. The van der Waals surface area contributed by atoms with Crippen molar-refractivity contribution < 1.29 is 9.47 Å². The molecule has 1 fully saturated rings. The summed E-state index contributed by atoms with van der Waals surface area (Å²) in [6.07, 6.45) is 4.04. The van der Waals surface area contributed by atoms with E-state index in [0.29, 0.717) is 13.3 Å². The van der Waals surface area contributed by atoms with E-state index < -0.39 is 0 Å². The molecule has 6 nitrogen and oxygen atoms in total. The van der Waals surface area contributed by atoms with Gasteiger partial charge in [0.25, 0.3) is 0 Å². The second kappa shape index (κ2) is 8.06. The van der Waals surface area contributed by atoms with Crippen LogP contribution in [0.2, 0.25) is 0 Å². The fourth-order valence-corrected chi connectivity index (χ4v) is 2.97. The first kappa shape index (κ1) is 15.9. The van der Waals surface area contributed by atoms with E-state index in [4.69, 9.17) is 9.47 Å². The van der Waals surface area contributed by atoms with Crippen LogP contribution in [0.1, 0.15) is 24.8 Å². The van der Waals surface area contributed by atoms with Gasteiger partial charge in [-0.3, -0.25) is 4.99 Å². The van der Waals surface area contributed by atoms with E-state index in [1.165, 1.54) is 32.4 Å². The fraction of sp³-hybridized carbons (Fsp3) is 0.588. The summed E-state index contributed by atoms with van der Waals surface area (Å²) >= 11 is 0. The Balaban J connectivity index is 1.40. The van der Waals surface area contributed by atoms with Crippen LogP contribution in [-0.4, -0.2) is 50.9 Å². The highest BCUT2D eigenvalue weighted by molar-refractivity contribution is 5.79. The molecule has 0 bridgehead atoms. The van der Waals surface area contributed by atoms with Crippen molar-refractivity contribution in [2.24, 2.45) is 4.99 Å².